The number of rotatable bonds is 6. The van der Waals surface area contributed by atoms with Crippen LogP contribution < -0.4 is 0 Å². The van der Waals surface area contributed by atoms with Gasteiger partial charge in [-0.25, -0.2) is 24.9 Å². The molecular weight excluding hydrogens is 733 g/mol. The van der Waals surface area contributed by atoms with E-state index in [4.69, 9.17) is 29.3 Å². The molecule has 0 saturated heterocycles. The number of benzene rings is 7. The fourth-order valence-corrected chi connectivity index (χ4v) is 8.70. The van der Waals surface area contributed by atoms with Crippen molar-refractivity contribution in [3.05, 3.63) is 175 Å². The second-order valence-electron chi connectivity index (χ2n) is 14.0. The minimum atomic E-state index is 0.530. The molecule has 0 saturated carbocycles. The molecular formula is C50H28N6OS. The molecule has 0 N–H and O–H groups in total. The molecule has 0 bridgehead atoms. The molecule has 0 aliphatic carbocycles. The van der Waals surface area contributed by atoms with Gasteiger partial charge in [-0.15, -0.1) is 11.3 Å². The van der Waals surface area contributed by atoms with Gasteiger partial charge in [0.15, 0.2) is 23.3 Å². The average Bonchev–Trinajstić information content (AvgIpc) is 3.87. The summed E-state index contributed by atoms with van der Waals surface area (Å²) in [5.41, 5.74) is 10.2. The van der Waals surface area contributed by atoms with Crippen LogP contribution in [0.15, 0.2) is 174 Å². The molecule has 0 amide bonds. The molecule has 4 aromatic heterocycles. The largest absolute Gasteiger partial charge is 0.455 e. The highest BCUT2D eigenvalue weighted by Crippen LogP contribution is 2.42. The fraction of sp³-hybridized carbons (Fsp3) is 0. The first kappa shape index (κ1) is 33.5. The number of fused-ring (bicyclic) bond motifs is 6. The van der Waals surface area contributed by atoms with Crippen molar-refractivity contribution in [3.63, 3.8) is 0 Å². The Morgan fingerprint density at radius 2 is 1.07 bits per heavy atom. The average molecular weight is 761 g/mol. The monoisotopic (exact) mass is 760 g/mol. The number of para-hydroxylation sites is 1. The molecule has 11 rings (SSSR count). The van der Waals surface area contributed by atoms with Gasteiger partial charge in [0.2, 0.25) is 0 Å². The van der Waals surface area contributed by atoms with Crippen LogP contribution in [0, 0.1) is 11.3 Å². The first-order chi connectivity index (χ1) is 28.7. The van der Waals surface area contributed by atoms with E-state index in [1.165, 1.54) is 4.70 Å². The van der Waals surface area contributed by atoms with Crippen LogP contribution in [0.2, 0.25) is 0 Å². The van der Waals surface area contributed by atoms with Gasteiger partial charge in [0.25, 0.3) is 0 Å². The topological polar surface area (TPSA) is 101 Å². The highest BCUT2D eigenvalue weighted by atomic mass is 32.1. The third-order valence-electron chi connectivity index (χ3n) is 10.4. The highest BCUT2D eigenvalue weighted by Gasteiger charge is 2.21. The summed E-state index contributed by atoms with van der Waals surface area (Å²) in [6.45, 7) is 0. The third kappa shape index (κ3) is 5.77. The van der Waals surface area contributed by atoms with Crippen LogP contribution in [0.4, 0.5) is 0 Å². The molecule has 0 aliphatic heterocycles. The summed E-state index contributed by atoms with van der Waals surface area (Å²) in [6.07, 6.45) is 0. The summed E-state index contributed by atoms with van der Waals surface area (Å²) >= 11 is 1.72. The second kappa shape index (κ2) is 13.7. The Hall–Kier alpha value is -7.86. The Morgan fingerprint density at radius 1 is 0.448 bits per heavy atom. The molecule has 0 fully saturated rings. The molecule has 58 heavy (non-hydrogen) atoms. The standard InChI is InChI=1S/C50H28N6OS/c51-29-30-11-9-16-35(27-30)31-21-23-34(24-22-31)48-54-47(33-14-5-2-6-15-33)55-49(56-48)36-25-26-37-38-18-10-19-40(45(38)57-41(37)28-36)50-52-43(32-12-3-1-4-13-32)46-44(53-50)39-17-7-8-20-42(39)58-46/h1-28H. The van der Waals surface area contributed by atoms with E-state index in [2.05, 4.69) is 54.6 Å². The zero-order valence-electron chi connectivity index (χ0n) is 30.7. The number of nitrogens with zero attached hydrogens (tertiary/aromatic N) is 6. The SMILES string of the molecule is N#Cc1cccc(-c2ccc(-c3nc(-c4ccccc4)nc(-c4ccc5c(c4)oc4c(-c6nc(-c7ccccc7)c7sc8ccccc8c7n6)cccc45)n3)cc2)c1. The van der Waals surface area contributed by atoms with Gasteiger partial charge in [0, 0.05) is 43.1 Å². The van der Waals surface area contributed by atoms with Crippen molar-refractivity contribution < 1.29 is 4.42 Å². The summed E-state index contributed by atoms with van der Waals surface area (Å²) in [7, 11) is 0. The normalized spacial score (nSPS) is 11.4. The van der Waals surface area contributed by atoms with Gasteiger partial charge in [-0.2, -0.15) is 5.26 Å². The van der Waals surface area contributed by atoms with Crippen molar-refractivity contribution in [2.24, 2.45) is 0 Å². The molecule has 7 aromatic carbocycles. The Labute approximate surface area is 336 Å². The number of nitriles is 1. The molecule has 0 unspecified atom stereocenters. The Kier molecular flexibility index (Phi) is 7.91. The predicted molar refractivity (Wildman–Crippen MR) is 233 cm³/mol. The summed E-state index contributed by atoms with van der Waals surface area (Å²) < 4.78 is 8.99. The van der Waals surface area contributed by atoms with Gasteiger partial charge >= 0.3 is 0 Å². The van der Waals surface area contributed by atoms with Crippen molar-refractivity contribution in [1.82, 2.24) is 24.9 Å². The maximum atomic E-state index is 9.41. The van der Waals surface area contributed by atoms with E-state index in [9.17, 15) is 5.26 Å². The summed E-state index contributed by atoms with van der Waals surface area (Å²) in [5, 5.41) is 12.5. The Morgan fingerprint density at radius 3 is 1.84 bits per heavy atom. The lowest BCUT2D eigenvalue weighted by Crippen LogP contribution is -2.00. The number of furan rings is 1. The van der Waals surface area contributed by atoms with E-state index in [1.807, 2.05) is 115 Å². The molecule has 0 aliphatic rings. The van der Waals surface area contributed by atoms with Crippen molar-refractivity contribution in [3.8, 4) is 74.0 Å². The summed E-state index contributed by atoms with van der Waals surface area (Å²) in [4.78, 5) is 25.4. The van der Waals surface area contributed by atoms with Crippen molar-refractivity contribution in [2.45, 2.75) is 0 Å². The quantitative estimate of drug-likeness (QED) is 0.166. The lowest BCUT2D eigenvalue weighted by Gasteiger charge is -2.09. The Balaban J connectivity index is 1.04. The maximum Gasteiger partial charge on any atom is 0.164 e. The first-order valence-corrected chi connectivity index (χ1v) is 19.6. The lowest BCUT2D eigenvalue weighted by atomic mass is 10.0. The van der Waals surface area contributed by atoms with Gasteiger partial charge < -0.3 is 4.42 Å². The summed E-state index contributed by atoms with van der Waals surface area (Å²) in [6, 6.07) is 58.8. The van der Waals surface area contributed by atoms with E-state index in [-0.39, 0.29) is 0 Å². The molecule has 4 heterocycles. The number of hydrogen-bond donors (Lipinski definition) is 0. The maximum absolute atomic E-state index is 9.41. The van der Waals surface area contributed by atoms with Crippen molar-refractivity contribution >= 4 is 53.6 Å². The minimum Gasteiger partial charge on any atom is -0.455 e. The fourth-order valence-electron chi connectivity index (χ4n) is 7.55. The van der Waals surface area contributed by atoms with Crippen LogP contribution in [0.1, 0.15) is 5.56 Å². The van der Waals surface area contributed by atoms with E-state index in [0.717, 1.165) is 71.0 Å². The van der Waals surface area contributed by atoms with Crippen molar-refractivity contribution in [1.29, 1.82) is 5.26 Å². The van der Waals surface area contributed by atoms with Gasteiger partial charge in [-0.1, -0.05) is 133 Å². The lowest BCUT2D eigenvalue weighted by molar-refractivity contribution is 0.669. The van der Waals surface area contributed by atoms with E-state index >= 15 is 0 Å². The molecule has 11 aromatic rings. The molecule has 0 atom stereocenters. The van der Waals surface area contributed by atoms with Crippen LogP contribution in [-0.4, -0.2) is 24.9 Å². The van der Waals surface area contributed by atoms with Crippen molar-refractivity contribution in [2.75, 3.05) is 0 Å². The van der Waals surface area contributed by atoms with E-state index in [0.29, 0.717) is 40.0 Å². The molecule has 8 heteroatoms. The predicted octanol–water partition coefficient (Wildman–Crippen LogP) is 12.8. The van der Waals surface area contributed by atoms with Gasteiger partial charge in [0.1, 0.15) is 11.2 Å². The third-order valence-corrected chi connectivity index (χ3v) is 11.6. The smallest absolute Gasteiger partial charge is 0.164 e. The van der Waals surface area contributed by atoms with Crippen LogP contribution >= 0.6 is 11.3 Å². The Bertz CT molecular complexity index is 3410. The number of aromatic nitrogens is 5. The van der Waals surface area contributed by atoms with Gasteiger partial charge in [-0.3, -0.25) is 0 Å². The van der Waals surface area contributed by atoms with Crippen LogP contribution in [0.5, 0.6) is 0 Å². The zero-order valence-corrected chi connectivity index (χ0v) is 31.5. The van der Waals surface area contributed by atoms with Gasteiger partial charge in [0.05, 0.1) is 33.1 Å². The number of hydrogen-bond acceptors (Lipinski definition) is 8. The van der Waals surface area contributed by atoms with Gasteiger partial charge in [-0.05, 0) is 47.5 Å². The molecule has 7 nitrogen and oxygen atoms in total. The molecule has 0 spiro atoms. The van der Waals surface area contributed by atoms with Crippen LogP contribution in [0.3, 0.4) is 0 Å². The molecule has 270 valence electrons. The first-order valence-electron chi connectivity index (χ1n) is 18.8. The second-order valence-corrected chi connectivity index (χ2v) is 15.0. The summed E-state index contributed by atoms with van der Waals surface area (Å²) in [5.74, 6) is 2.26. The minimum absolute atomic E-state index is 0.530. The van der Waals surface area contributed by atoms with E-state index < -0.39 is 0 Å². The molecule has 0 radical (unpaired) electrons. The highest BCUT2D eigenvalue weighted by molar-refractivity contribution is 7.26. The van der Waals surface area contributed by atoms with Crippen LogP contribution in [-0.2, 0) is 0 Å². The van der Waals surface area contributed by atoms with Crippen LogP contribution in [0.25, 0.3) is 110 Å². The van der Waals surface area contributed by atoms with E-state index in [1.54, 1.807) is 17.4 Å². The number of thiophene rings is 1. The zero-order chi connectivity index (χ0) is 38.6.